The van der Waals surface area contributed by atoms with E-state index in [1.807, 2.05) is 0 Å². The van der Waals surface area contributed by atoms with Crippen molar-refractivity contribution in [2.45, 2.75) is 143 Å². The quantitative estimate of drug-likeness (QED) is 0.0366. The molecule has 4 aliphatic heterocycles. The van der Waals surface area contributed by atoms with E-state index in [1.54, 1.807) is 152 Å². The number of thioether (sulfide) groups is 1. The molecule has 2 bridgehead atoms. The Bertz CT molecular complexity index is 3160. The fourth-order valence-corrected chi connectivity index (χ4v) is 12.3. The first-order chi connectivity index (χ1) is 42.1. The summed E-state index contributed by atoms with van der Waals surface area (Å²) in [5.74, 6) is -10.6. The van der Waals surface area contributed by atoms with Crippen LogP contribution in [0.1, 0.15) is 76.6 Å². The summed E-state index contributed by atoms with van der Waals surface area (Å²) in [5, 5.41) is 5.68. The molecule has 0 radical (unpaired) electrons. The monoisotopic (exact) mass is 1230 g/mol. The molecule has 24 heteroatoms. The van der Waals surface area contributed by atoms with E-state index in [2.05, 4.69) is 10.6 Å². The van der Waals surface area contributed by atoms with Crippen LogP contribution < -0.4 is 10.6 Å². The molecule has 5 aromatic rings. The van der Waals surface area contributed by atoms with E-state index in [-0.39, 0.29) is 13.0 Å². The van der Waals surface area contributed by atoms with Crippen LogP contribution in [-0.2, 0) is 107 Å². The predicted octanol–water partition coefficient (Wildman–Crippen LogP) is 6.33. The highest BCUT2D eigenvalue weighted by Gasteiger charge is 2.65. The Morgan fingerprint density at radius 1 is 0.591 bits per heavy atom. The van der Waals surface area contributed by atoms with Crippen LogP contribution in [0.3, 0.4) is 0 Å². The van der Waals surface area contributed by atoms with Crippen molar-refractivity contribution in [1.82, 2.24) is 10.6 Å². The Morgan fingerprint density at radius 3 is 1.59 bits per heavy atom. The molecule has 2 N–H and O–H groups in total. The molecule has 0 saturated carbocycles. The van der Waals surface area contributed by atoms with E-state index in [0.717, 1.165) is 53.5 Å². The first kappa shape index (κ1) is 65.3. The van der Waals surface area contributed by atoms with Crippen LogP contribution >= 0.6 is 11.8 Å². The SMILES string of the molecule is COC(=O)[C@@]1(O[C@H](COCc2ccccc2)[C@H](OC(C)=O)[C@@H]2O[C@@]3(Sc4ccccc4)C[C@H](OC(C)=O)[C@@H]2NC3=O)C[C@H](OC(C)=O)[C@@H](NC(=O)OC(c2ccccc2)(c2ccccc2)c2ccccc2)[C@H]([C@H](OC(C)=O)[C@@H](COC(C)=O)OC(C)=O)O1. The van der Waals surface area contributed by atoms with Crippen LogP contribution in [0.4, 0.5) is 4.79 Å². The number of alkyl carbamates (subject to hydrolysis) is 1. The zero-order chi connectivity index (χ0) is 63.2. The number of methoxy groups -OCH3 is 1. The number of amides is 2. The van der Waals surface area contributed by atoms with E-state index >= 15 is 9.59 Å². The molecule has 466 valence electrons. The molecule has 0 aliphatic carbocycles. The zero-order valence-electron chi connectivity index (χ0n) is 49.2. The lowest BCUT2D eigenvalue weighted by atomic mass is 9.80. The van der Waals surface area contributed by atoms with Crippen molar-refractivity contribution < 1.29 is 100.0 Å². The van der Waals surface area contributed by atoms with Crippen molar-refractivity contribution in [2.24, 2.45) is 0 Å². The summed E-state index contributed by atoms with van der Waals surface area (Å²) in [7, 11) is 0.966. The highest BCUT2D eigenvalue weighted by Crippen LogP contribution is 2.49. The molecule has 4 heterocycles. The summed E-state index contributed by atoms with van der Waals surface area (Å²) in [6, 6.07) is 40.7. The van der Waals surface area contributed by atoms with Gasteiger partial charge in [0.25, 0.3) is 11.7 Å². The highest BCUT2D eigenvalue weighted by molar-refractivity contribution is 8.01. The fraction of sp³-hybridized carbons (Fsp3) is 0.391. The number of carbonyl (C=O) groups excluding carboxylic acids is 9. The maximum atomic E-state index is 15.4. The van der Waals surface area contributed by atoms with Gasteiger partial charge >= 0.3 is 47.9 Å². The standard InChI is InChI=1S/C64H68N2O21S/c1-38(67)78-37-51(81-41(4)70)55(82-42(5)71)57-54(66-61(75)87-64(45-25-15-9-16-26-45,46-27-17-10-18-28-46)47-29-19-11-20-30-47)49(79-39(2)68)33-62(85-57,60(74)76-7)84-52(36-77-35-44-23-13-8-14-24-44)56(83-43(6)72)58-53-50(80-40(3)69)34-63(86-58,59(73)65-53)88-48-31-21-12-22-32-48/h8-32,49-58H,33-37H2,1-7H3,(H,65,73)(H,66,75)/t49-,50-,51+,52+,53-,54+,55+,56-,57+,58+,62+,63+/m0/s1. The molecule has 0 unspecified atom stereocenters. The lowest BCUT2D eigenvalue weighted by Crippen LogP contribution is -2.76. The molecule has 4 fully saturated rings. The second-order valence-corrected chi connectivity index (χ2v) is 22.2. The number of rotatable bonds is 25. The maximum absolute atomic E-state index is 15.4. The van der Waals surface area contributed by atoms with Gasteiger partial charge in [0.15, 0.2) is 23.9 Å². The van der Waals surface area contributed by atoms with Gasteiger partial charge in [-0.25, -0.2) is 9.59 Å². The van der Waals surface area contributed by atoms with Gasteiger partial charge in [-0.1, -0.05) is 151 Å². The number of nitrogens with one attached hydrogen (secondary N) is 2. The number of benzene rings is 5. The molecule has 4 aliphatic rings. The number of carbonyl (C=O) groups is 9. The van der Waals surface area contributed by atoms with Crippen molar-refractivity contribution in [3.05, 3.63) is 174 Å². The van der Waals surface area contributed by atoms with Gasteiger partial charge < -0.3 is 67.5 Å². The summed E-state index contributed by atoms with van der Waals surface area (Å²) in [5.41, 5.74) is 0.331. The normalized spacial score (nSPS) is 23.4. The number of esters is 7. The Morgan fingerprint density at radius 2 is 1.09 bits per heavy atom. The molecule has 12 atom stereocenters. The van der Waals surface area contributed by atoms with E-state index in [0.29, 0.717) is 27.1 Å². The Labute approximate surface area is 511 Å². The van der Waals surface area contributed by atoms with Gasteiger partial charge in [0, 0.05) is 69.5 Å². The third kappa shape index (κ3) is 15.7. The molecule has 0 spiro atoms. The van der Waals surface area contributed by atoms with Crippen molar-refractivity contribution >= 4 is 65.5 Å². The number of piperidine rings is 1. The van der Waals surface area contributed by atoms with Crippen LogP contribution in [-0.4, -0.2) is 146 Å². The molecular formula is C64H68N2O21S. The van der Waals surface area contributed by atoms with Crippen LogP contribution in [0.25, 0.3) is 0 Å². The number of hydrogen-bond donors (Lipinski definition) is 2. The number of morpholine rings is 1. The molecule has 9 rings (SSSR count). The summed E-state index contributed by atoms with van der Waals surface area (Å²) in [4.78, 5) is 123. The van der Waals surface area contributed by atoms with Gasteiger partial charge in [-0.2, -0.15) is 0 Å². The Kier molecular flexibility index (Phi) is 21.8. The van der Waals surface area contributed by atoms with Gasteiger partial charge in [-0.05, 0) is 17.7 Å². The molecule has 23 nitrogen and oxygen atoms in total. The molecule has 4 saturated heterocycles. The number of fused-ring (bicyclic) bond motifs is 3. The van der Waals surface area contributed by atoms with Gasteiger partial charge in [-0.15, -0.1) is 0 Å². The van der Waals surface area contributed by atoms with Gasteiger partial charge in [0.2, 0.25) is 4.93 Å². The minimum Gasteiger partial charge on any atom is -0.465 e. The van der Waals surface area contributed by atoms with Crippen molar-refractivity contribution in [3.8, 4) is 0 Å². The second-order valence-electron chi connectivity index (χ2n) is 20.9. The summed E-state index contributed by atoms with van der Waals surface area (Å²) < 4.78 is 74.4. The molecule has 88 heavy (non-hydrogen) atoms. The van der Waals surface area contributed by atoms with Gasteiger partial charge in [0.1, 0.15) is 37.1 Å². The third-order valence-electron chi connectivity index (χ3n) is 14.5. The van der Waals surface area contributed by atoms with E-state index < -0.39 is 151 Å². The topological polar surface area (TPSA) is 288 Å². The Balaban J connectivity index is 1.31. The van der Waals surface area contributed by atoms with Crippen LogP contribution in [0.15, 0.2) is 157 Å². The summed E-state index contributed by atoms with van der Waals surface area (Å²) in [6.45, 7) is 4.73. The number of ether oxygens (including phenoxy) is 12. The second kappa shape index (κ2) is 29.3. The lowest BCUT2D eigenvalue weighted by molar-refractivity contribution is -0.339. The lowest BCUT2D eigenvalue weighted by Gasteiger charge is -2.54. The van der Waals surface area contributed by atoms with Crippen molar-refractivity contribution in [2.75, 3.05) is 20.3 Å². The average molecular weight is 1230 g/mol. The molecule has 2 amide bonds. The fourth-order valence-electron chi connectivity index (χ4n) is 11.1. The van der Waals surface area contributed by atoms with Crippen molar-refractivity contribution in [3.63, 3.8) is 0 Å². The van der Waals surface area contributed by atoms with Gasteiger partial charge in [-0.3, -0.25) is 33.6 Å². The van der Waals surface area contributed by atoms with E-state index in [9.17, 15) is 33.6 Å². The van der Waals surface area contributed by atoms with E-state index in [4.69, 9.17) is 56.8 Å². The van der Waals surface area contributed by atoms with Gasteiger partial charge in [0.05, 0.1) is 38.8 Å². The predicted molar refractivity (Wildman–Crippen MR) is 309 cm³/mol. The van der Waals surface area contributed by atoms with Crippen LogP contribution in [0, 0.1) is 0 Å². The highest BCUT2D eigenvalue weighted by atomic mass is 32.2. The first-order valence-electron chi connectivity index (χ1n) is 28.1. The third-order valence-corrected chi connectivity index (χ3v) is 15.7. The smallest absolute Gasteiger partial charge is 0.409 e. The van der Waals surface area contributed by atoms with Crippen molar-refractivity contribution in [1.29, 1.82) is 0 Å². The first-order valence-corrected chi connectivity index (χ1v) is 28.9. The zero-order valence-corrected chi connectivity index (χ0v) is 50.0. The molecule has 5 aromatic carbocycles. The maximum Gasteiger partial charge on any atom is 0.409 e. The Hall–Kier alpha value is -8.68. The van der Waals surface area contributed by atoms with Crippen LogP contribution in [0.2, 0.25) is 0 Å². The summed E-state index contributed by atoms with van der Waals surface area (Å²) >= 11 is 0.991. The largest absolute Gasteiger partial charge is 0.465 e. The minimum atomic E-state index is -2.98. The van der Waals surface area contributed by atoms with E-state index in [1.165, 1.54) is 6.92 Å². The summed E-state index contributed by atoms with van der Waals surface area (Å²) in [6.07, 6.45) is -16.4. The van der Waals surface area contributed by atoms with Crippen LogP contribution in [0.5, 0.6) is 0 Å². The molecule has 0 aromatic heterocycles. The average Bonchev–Trinajstić information content (AvgIpc) is 0.772. The minimum absolute atomic E-state index is 0.132. The molecular weight excluding hydrogens is 1160 g/mol. The number of hydrogen-bond acceptors (Lipinski definition) is 22.